The molecule has 0 aliphatic carbocycles. The minimum Gasteiger partial charge on any atom is -0.249 e. The molecule has 0 fully saturated rings. The van der Waals surface area contributed by atoms with Gasteiger partial charge in [0.25, 0.3) is 0 Å². The lowest BCUT2D eigenvalue weighted by Gasteiger charge is -2.14. The van der Waals surface area contributed by atoms with E-state index >= 15 is 0 Å². The monoisotopic (exact) mass is 518 g/mol. The van der Waals surface area contributed by atoms with Crippen molar-refractivity contribution in [1.29, 1.82) is 0 Å². The summed E-state index contributed by atoms with van der Waals surface area (Å²) in [6.07, 6.45) is 17.8. The lowest BCUT2D eigenvalue weighted by molar-refractivity contribution is 0.593. The van der Waals surface area contributed by atoms with Gasteiger partial charge in [-0.15, -0.1) is 22.7 Å². The number of benzene rings is 1. The molecule has 0 atom stereocenters. The van der Waals surface area contributed by atoms with Crippen LogP contribution in [0.25, 0.3) is 31.9 Å². The van der Waals surface area contributed by atoms with Crippen LogP contribution in [0.1, 0.15) is 102 Å². The fourth-order valence-electron chi connectivity index (χ4n) is 5.01. The van der Waals surface area contributed by atoms with E-state index in [1.165, 1.54) is 109 Å². The molecule has 0 radical (unpaired) electrons. The summed E-state index contributed by atoms with van der Waals surface area (Å²) < 4.78 is 0. The van der Waals surface area contributed by atoms with Crippen LogP contribution in [0.2, 0.25) is 0 Å². The number of thiophene rings is 2. The highest BCUT2D eigenvalue weighted by molar-refractivity contribution is 7.14. The molecule has 0 aliphatic rings. The molecule has 4 heteroatoms. The minimum atomic E-state index is 1.05. The lowest BCUT2D eigenvalue weighted by Crippen LogP contribution is -2.05. The number of nitrogens with zero attached hydrogens (tertiary/aromatic N) is 2. The predicted molar refractivity (Wildman–Crippen MR) is 160 cm³/mol. The van der Waals surface area contributed by atoms with Gasteiger partial charge in [0.1, 0.15) is 0 Å². The van der Waals surface area contributed by atoms with Gasteiger partial charge in [-0.2, -0.15) is 0 Å². The van der Waals surface area contributed by atoms with Crippen molar-refractivity contribution in [3.8, 4) is 20.9 Å². The van der Waals surface area contributed by atoms with Crippen LogP contribution >= 0.6 is 22.7 Å². The second-order valence-corrected chi connectivity index (χ2v) is 11.9. The molecule has 3 aromatic heterocycles. The Balaban J connectivity index is 1.66. The number of aromatic nitrogens is 2. The second kappa shape index (κ2) is 14.6. The smallest absolute Gasteiger partial charge is 0.0983 e. The Labute approximate surface area is 226 Å². The molecule has 0 spiro atoms. The fourth-order valence-corrected chi connectivity index (χ4v) is 6.52. The number of fused-ring (bicyclic) bond motifs is 1. The molecule has 0 N–H and O–H groups in total. The third-order valence-corrected chi connectivity index (χ3v) is 8.89. The first-order valence-electron chi connectivity index (χ1n) is 14.2. The summed E-state index contributed by atoms with van der Waals surface area (Å²) in [5.41, 5.74) is 7.10. The first-order chi connectivity index (χ1) is 17.8. The van der Waals surface area contributed by atoms with Gasteiger partial charge in [0.2, 0.25) is 0 Å². The van der Waals surface area contributed by atoms with Crippen molar-refractivity contribution < 1.29 is 0 Å². The van der Waals surface area contributed by atoms with Gasteiger partial charge in [0.15, 0.2) is 0 Å². The van der Waals surface area contributed by atoms with Crippen LogP contribution in [-0.4, -0.2) is 9.97 Å². The van der Waals surface area contributed by atoms with Crippen molar-refractivity contribution >= 4 is 33.7 Å². The van der Waals surface area contributed by atoms with Gasteiger partial charge < -0.3 is 0 Å². The van der Waals surface area contributed by atoms with Gasteiger partial charge in [0, 0.05) is 20.9 Å². The quantitative estimate of drug-likeness (QED) is 0.138. The zero-order valence-electron chi connectivity index (χ0n) is 22.2. The van der Waals surface area contributed by atoms with E-state index in [-0.39, 0.29) is 0 Å². The molecule has 0 aliphatic heterocycles. The third kappa shape index (κ3) is 7.26. The van der Waals surface area contributed by atoms with Gasteiger partial charge in [-0.1, -0.05) is 102 Å². The van der Waals surface area contributed by atoms with Crippen LogP contribution in [0.5, 0.6) is 0 Å². The Morgan fingerprint density at radius 2 is 0.944 bits per heavy atom. The van der Waals surface area contributed by atoms with E-state index < -0.39 is 0 Å². The number of hydrogen-bond acceptors (Lipinski definition) is 4. The average molecular weight is 519 g/mol. The molecule has 2 nitrogen and oxygen atoms in total. The molecule has 0 amide bonds. The third-order valence-electron chi connectivity index (χ3n) is 7.09. The molecular weight excluding hydrogens is 477 g/mol. The highest BCUT2D eigenvalue weighted by atomic mass is 32.1. The molecule has 192 valence electrons. The first-order valence-corrected chi connectivity index (χ1v) is 16.0. The van der Waals surface area contributed by atoms with Crippen LogP contribution in [0.4, 0.5) is 0 Å². The van der Waals surface area contributed by atoms with Crippen molar-refractivity contribution in [3.63, 3.8) is 0 Å². The lowest BCUT2D eigenvalue weighted by atomic mass is 10.0. The summed E-state index contributed by atoms with van der Waals surface area (Å²) in [7, 11) is 0. The van der Waals surface area contributed by atoms with Gasteiger partial charge in [0.05, 0.1) is 22.4 Å². The Bertz CT molecular complexity index is 1070. The first kappa shape index (κ1) is 27.0. The molecular formula is C32H42N2S2. The Morgan fingerprint density at radius 3 is 1.33 bits per heavy atom. The van der Waals surface area contributed by atoms with E-state index in [9.17, 15) is 0 Å². The molecule has 0 saturated carbocycles. The molecule has 0 bridgehead atoms. The summed E-state index contributed by atoms with van der Waals surface area (Å²) >= 11 is 3.58. The van der Waals surface area contributed by atoms with Crippen LogP contribution in [0, 0.1) is 0 Å². The summed E-state index contributed by atoms with van der Waals surface area (Å²) in [4.78, 5) is 13.4. The maximum absolute atomic E-state index is 5.41. The highest BCUT2D eigenvalue weighted by Gasteiger charge is 2.17. The van der Waals surface area contributed by atoms with Crippen LogP contribution in [0.3, 0.4) is 0 Å². The summed E-state index contributed by atoms with van der Waals surface area (Å²) in [5.74, 6) is 0. The van der Waals surface area contributed by atoms with Crippen molar-refractivity contribution in [2.75, 3.05) is 0 Å². The number of unbranched alkanes of at least 4 members (excludes halogenated alkanes) is 10. The van der Waals surface area contributed by atoms with Crippen molar-refractivity contribution in [2.24, 2.45) is 0 Å². The average Bonchev–Trinajstić information content (AvgIpc) is 3.62. The fraction of sp³-hybridized carbons (Fsp3) is 0.500. The van der Waals surface area contributed by atoms with Crippen molar-refractivity contribution in [2.45, 2.75) is 104 Å². The zero-order valence-corrected chi connectivity index (χ0v) is 23.9. The Kier molecular flexibility index (Phi) is 11.0. The summed E-state index contributed by atoms with van der Waals surface area (Å²) in [6.45, 7) is 4.57. The standard InChI is InChI=1S/C32H42N2S2/c1-3-5-7-9-11-13-17-27-28(18-14-12-10-8-6-4-2)34-32-26(30-20-16-24-36-30)22-21-25(31(32)33-27)29-19-15-23-35-29/h15-16,19-24H,3-14,17-18H2,1-2H3. The van der Waals surface area contributed by atoms with Crippen molar-refractivity contribution in [1.82, 2.24) is 9.97 Å². The molecule has 4 aromatic rings. The van der Waals surface area contributed by atoms with E-state index in [2.05, 4.69) is 61.0 Å². The molecule has 1 aromatic carbocycles. The summed E-state index contributed by atoms with van der Waals surface area (Å²) in [6, 6.07) is 13.2. The maximum Gasteiger partial charge on any atom is 0.0983 e. The van der Waals surface area contributed by atoms with E-state index in [0.717, 1.165) is 23.9 Å². The van der Waals surface area contributed by atoms with Gasteiger partial charge in [-0.05, 0) is 48.6 Å². The molecule has 0 unspecified atom stereocenters. The highest BCUT2D eigenvalue weighted by Crippen LogP contribution is 2.37. The molecule has 0 saturated heterocycles. The maximum atomic E-state index is 5.41. The normalized spacial score (nSPS) is 11.5. The topological polar surface area (TPSA) is 25.8 Å². The Morgan fingerprint density at radius 1 is 0.528 bits per heavy atom. The Hall–Kier alpha value is -2.04. The SMILES string of the molecule is CCCCCCCCc1nc2c(-c3cccs3)ccc(-c3cccs3)c2nc1CCCCCCCC. The zero-order chi connectivity index (χ0) is 25.0. The van der Waals surface area contributed by atoms with Crippen LogP contribution < -0.4 is 0 Å². The molecule has 4 rings (SSSR count). The second-order valence-electron chi connectivity index (χ2n) is 9.97. The number of rotatable bonds is 16. The van der Waals surface area contributed by atoms with Crippen LogP contribution in [-0.2, 0) is 12.8 Å². The predicted octanol–water partition coefficient (Wildman–Crippen LogP) is 10.9. The van der Waals surface area contributed by atoms with E-state index in [0.29, 0.717) is 0 Å². The van der Waals surface area contributed by atoms with Gasteiger partial charge in [-0.25, -0.2) is 9.97 Å². The van der Waals surface area contributed by atoms with E-state index in [1.807, 2.05) is 0 Å². The molecule has 36 heavy (non-hydrogen) atoms. The van der Waals surface area contributed by atoms with Gasteiger partial charge >= 0.3 is 0 Å². The van der Waals surface area contributed by atoms with Gasteiger partial charge in [-0.3, -0.25) is 0 Å². The van der Waals surface area contributed by atoms with Crippen molar-refractivity contribution in [3.05, 3.63) is 58.5 Å². The largest absolute Gasteiger partial charge is 0.249 e. The number of aryl methyl sites for hydroxylation is 2. The number of hydrogen-bond donors (Lipinski definition) is 0. The summed E-state index contributed by atoms with van der Waals surface area (Å²) in [5, 5.41) is 4.32. The minimum absolute atomic E-state index is 1.05. The van der Waals surface area contributed by atoms with E-state index in [4.69, 9.17) is 9.97 Å². The van der Waals surface area contributed by atoms with E-state index in [1.54, 1.807) is 22.7 Å². The van der Waals surface area contributed by atoms with Crippen LogP contribution in [0.15, 0.2) is 47.2 Å². The molecule has 3 heterocycles.